The summed E-state index contributed by atoms with van der Waals surface area (Å²) in [6.45, 7) is 8.64. The lowest BCUT2D eigenvalue weighted by Gasteiger charge is -2.23. The largest absolute Gasteiger partial charge is 0.413 e. The molecule has 3 aromatic heterocycles. The zero-order valence-corrected chi connectivity index (χ0v) is 25.7. The maximum Gasteiger partial charge on any atom is 0.413 e. The van der Waals surface area contributed by atoms with Gasteiger partial charge in [0.15, 0.2) is 5.54 Å². The lowest BCUT2D eigenvalue weighted by molar-refractivity contribution is -0.182. The molecule has 234 valence electrons. The van der Waals surface area contributed by atoms with Gasteiger partial charge < -0.3 is 10.6 Å². The van der Waals surface area contributed by atoms with Crippen LogP contribution in [0.25, 0.3) is 22.2 Å². The van der Waals surface area contributed by atoms with Crippen molar-refractivity contribution in [2.24, 2.45) is 5.41 Å². The molecule has 1 aliphatic carbocycles. The second kappa shape index (κ2) is 11.2. The van der Waals surface area contributed by atoms with Crippen LogP contribution in [0.3, 0.4) is 0 Å². The Morgan fingerprint density at radius 2 is 1.85 bits per heavy atom. The van der Waals surface area contributed by atoms with Crippen molar-refractivity contribution in [3.05, 3.63) is 82.9 Å². The third-order valence-corrected chi connectivity index (χ3v) is 8.28. The van der Waals surface area contributed by atoms with Crippen LogP contribution in [0.4, 0.5) is 24.5 Å². The predicted molar refractivity (Wildman–Crippen MR) is 167 cm³/mol. The van der Waals surface area contributed by atoms with Gasteiger partial charge in [-0.1, -0.05) is 44.2 Å². The number of alkyl halides is 3. The minimum atomic E-state index is -4.47. The first kappa shape index (κ1) is 30.6. The highest BCUT2D eigenvalue weighted by Crippen LogP contribution is 2.55. The summed E-state index contributed by atoms with van der Waals surface area (Å²) in [5.74, 6) is 0. The third kappa shape index (κ3) is 5.49. The minimum absolute atomic E-state index is 0.0696. The molecule has 0 radical (unpaired) electrons. The first-order chi connectivity index (χ1) is 21.8. The van der Waals surface area contributed by atoms with Crippen molar-refractivity contribution < 1.29 is 13.2 Å². The molecule has 1 atom stereocenters. The van der Waals surface area contributed by atoms with Gasteiger partial charge in [-0.2, -0.15) is 28.8 Å². The number of nitrogens with zero attached hydrogens (tertiary/aromatic N) is 7. The fraction of sp³-hybridized carbons (Fsp3) is 0.333. The molecule has 46 heavy (non-hydrogen) atoms. The van der Waals surface area contributed by atoms with Crippen LogP contribution in [0, 0.1) is 35.0 Å². The van der Waals surface area contributed by atoms with Crippen LogP contribution in [0.1, 0.15) is 67.6 Å². The van der Waals surface area contributed by atoms with E-state index in [1.54, 1.807) is 18.3 Å². The molecule has 0 amide bonds. The van der Waals surface area contributed by atoms with Crippen LogP contribution in [0.15, 0.2) is 55.0 Å². The topological polar surface area (TPSA) is 144 Å². The Bertz CT molecular complexity index is 2000. The van der Waals surface area contributed by atoms with Crippen LogP contribution in [0.2, 0.25) is 0 Å². The van der Waals surface area contributed by atoms with E-state index in [-0.39, 0.29) is 29.5 Å². The van der Waals surface area contributed by atoms with E-state index in [4.69, 9.17) is 0 Å². The SMILES string of the molecule is Cc1c(-c2cc[nH]n2)cccc1C(Nc1cc(C#N)c2ncc(C#N)c(NCC(C)(C)C)c2c1)c1cn(C2(C(F)(F)F)CC2)nn1. The summed E-state index contributed by atoms with van der Waals surface area (Å²) in [5.41, 5.74) is 3.23. The number of nitriles is 2. The second-order valence-electron chi connectivity index (χ2n) is 12.8. The molecule has 0 spiro atoms. The molecule has 5 aromatic rings. The van der Waals surface area contributed by atoms with Crippen LogP contribution in [-0.4, -0.2) is 42.9 Å². The molecule has 3 heterocycles. The summed E-state index contributed by atoms with van der Waals surface area (Å²) >= 11 is 0. The first-order valence-corrected chi connectivity index (χ1v) is 14.7. The Morgan fingerprint density at radius 3 is 2.48 bits per heavy atom. The van der Waals surface area contributed by atoms with E-state index in [0.29, 0.717) is 40.1 Å². The molecular weight excluding hydrogens is 593 g/mol. The van der Waals surface area contributed by atoms with Gasteiger partial charge in [0, 0.05) is 35.6 Å². The van der Waals surface area contributed by atoms with E-state index in [1.807, 2.05) is 31.2 Å². The summed E-state index contributed by atoms with van der Waals surface area (Å²) in [5, 5.41) is 42.7. The van der Waals surface area contributed by atoms with E-state index >= 15 is 0 Å². The van der Waals surface area contributed by atoms with Gasteiger partial charge in [-0.25, -0.2) is 4.68 Å². The van der Waals surface area contributed by atoms with Crippen molar-refractivity contribution in [1.29, 1.82) is 10.5 Å². The number of aromatic nitrogens is 6. The van der Waals surface area contributed by atoms with Crippen molar-refractivity contribution in [2.75, 3.05) is 17.2 Å². The van der Waals surface area contributed by atoms with Crippen molar-refractivity contribution in [2.45, 2.75) is 58.3 Å². The number of fused-ring (bicyclic) bond motifs is 1. The van der Waals surface area contributed by atoms with Gasteiger partial charge >= 0.3 is 6.18 Å². The molecule has 0 bridgehead atoms. The summed E-state index contributed by atoms with van der Waals surface area (Å²) in [6, 6.07) is 14.5. The molecule has 13 heteroatoms. The van der Waals surface area contributed by atoms with Gasteiger partial charge in [0.2, 0.25) is 0 Å². The number of halogens is 3. The maximum atomic E-state index is 14.0. The second-order valence-corrected chi connectivity index (χ2v) is 12.8. The van der Waals surface area contributed by atoms with E-state index in [0.717, 1.165) is 21.4 Å². The Morgan fingerprint density at radius 1 is 1.09 bits per heavy atom. The number of pyridine rings is 1. The molecule has 0 saturated heterocycles. The maximum absolute atomic E-state index is 14.0. The number of benzene rings is 2. The highest BCUT2D eigenvalue weighted by atomic mass is 19.4. The smallest absolute Gasteiger partial charge is 0.383 e. The average Bonchev–Trinajstić information content (AvgIpc) is 3.41. The molecule has 1 fully saturated rings. The predicted octanol–water partition coefficient (Wildman–Crippen LogP) is 6.98. The van der Waals surface area contributed by atoms with Gasteiger partial charge in [-0.05, 0) is 54.5 Å². The summed E-state index contributed by atoms with van der Waals surface area (Å²) in [4.78, 5) is 4.42. The Kier molecular flexibility index (Phi) is 7.43. The molecule has 10 nitrogen and oxygen atoms in total. The molecule has 6 rings (SSSR count). The van der Waals surface area contributed by atoms with Crippen LogP contribution >= 0.6 is 0 Å². The highest BCUT2D eigenvalue weighted by molar-refractivity contribution is 5.99. The molecule has 2 aromatic carbocycles. The number of aromatic amines is 1. The standard InChI is InChI=1S/C33H31F3N10/c1-19-23(26-8-11-41-43-26)6-5-7-24(19)30(27-17-46(45-44-27)32(9-10-32)33(34,35)36)42-22-12-20(14-37)28-25(13-22)29(21(15-38)16-39-28)40-18-31(2,3)4/h5-8,11-13,16-17,30,42H,9-10,18H2,1-4H3,(H,39,40)(H,41,43). The average molecular weight is 625 g/mol. The van der Waals surface area contributed by atoms with Gasteiger partial charge in [-0.15, -0.1) is 5.10 Å². The zero-order chi connectivity index (χ0) is 32.9. The number of hydrogen-bond acceptors (Lipinski definition) is 8. The molecule has 1 saturated carbocycles. The molecule has 1 aliphatic rings. The Balaban J connectivity index is 1.50. The summed E-state index contributed by atoms with van der Waals surface area (Å²) < 4.78 is 43.0. The summed E-state index contributed by atoms with van der Waals surface area (Å²) in [7, 11) is 0. The van der Waals surface area contributed by atoms with Crippen LogP contribution in [0.5, 0.6) is 0 Å². The molecule has 1 unspecified atom stereocenters. The third-order valence-electron chi connectivity index (χ3n) is 8.28. The van der Waals surface area contributed by atoms with Crippen LogP contribution in [-0.2, 0) is 5.54 Å². The molecular formula is C33H31F3N10. The first-order valence-electron chi connectivity index (χ1n) is 14.7. The minimum Gasteiger partial charge on any atom is -0.383 e. The monoisotopic (exact) mass is 624 g/mol. The zero-order valence-electron chi connectivity index (χ0n) is 25.7. The van der Waals surface area contributed by atoms with Crippen LogP contribution < -0.4 is 10.6 Å². The van der Waals surface area contributed by atoms with Gasteiger partial charge in [0.1, 0.15) is 17.8 Å². The summed E-state index contributed by atoms with van der Waals surface area (Å²) in [6.07, 6.45) is -0.113. The van der Waals surface area contributed by atoms with Crippen molar-refractivity contribution in [3.63, 3.8) is 0 Å². The van der Waals surface area contributed by atoms with E-state index < -0.39 is 17.8 Å². The highest BCUT2D eigenvalue weighted by Gasteiger charge is 2.66. The molecule has 3 N–H and O–H groups in total. The fourth-order valence-corrected chi connectivity index (χ4v) is 5.61. The number of anilines is 2. The number of nitrogens with one attached hydrogen (secondary N) is 3. The lowest BCUT2D eigenvalue weighted by Crippen LogP contribution is -2.35. The Hall–Kier alpha value is -5.43. The molecule has 0 aliphatic heterocycles. The normalized spacial score (nSPS) is 14.8. The van der Waals surface area contributed by atoms with E-state index in [2.05, 4.69) is 69.0 Å². The van der Waals surface area contributed by atoms with Gasteiger partial charge in [0.25, 0.3) is 0 Å². The van der Waals surface area contributed by atoms with Gasteiger partial charge in [-0.3, -0.25) is 10.1 Å². The van der Waals surface area contributed by atoms with E-state index in [1.165, 1.54) is 12.4 Å². The fourth-order valence-electron chi connectivity index (χ4n) is 5.61. The number of hydrogen-bond donors (Lipinski definition) is 3. The number of rotatable bonds is 8. The quantitative estimate of drug-likeness (QED) is 0.168. The van der Waals surface area contributed by atoms with Gasteiger partial charge in [0.05, 0.1) is 40.3 Å². The van der Waals surface area contributed by atoms with E-state index in [9.17, 15) is 23.7 Å². The Labute approximate surface area is 263 Å². The number of H-pyrrole nitrogens is 1. The lowest BCUT2D eigenvalue weighted by atomic mass is 9.93. The van der Waals surface area contributed by atoms with Crippen molar-refractivity contribution >= 4 is 22.3 Å². The van der Waals surface area contributed by atoms with Crippen molar-refractivity contribution in [3.8, 4) is 23.4 Å². The van der Waals surface area contributed by atoms with Crippen molar-refractivity contribution in [1.82, 2.24) is 30.2 Å².